The summed E-state index contributed by atoms with van der Waals surface area (Å²) in [5.74, 6) is -0.121. The first-order valence-electron chi connectivity index (χ1n) is 10.4. The number of benzene rings is 2. The van der Waals surface area contributed by atoms with Gasteiger partial charge in [0.2, 0.25) is 11.8 Å². The quantitative estimate of drug-likeness (QED) is 0.717. The Bertz CT molecular complexity index is 820. The lowest BCUT2D eigenvalue weighted by molar-refractivity contribution is -0.141. The first kappa shape index (κ1) is 22.7. The van der Waals surface area contributed by atoms with Crippen LogP contribution >= 0.6 is 0 Å². The highest BCUT2D eigenvalue weighted by Crippen LogP contribution is 2.17. The van der Waals surface area contributed by atoms with Crippen LogP contribution in [0.1, 0.15) is 55.0 Å². The maximum atomic E-state index is 13.3. The van der Waals surface area contributed by atoms with E-state index in [2.05, 4.69) is 11.4 Å². The van der Waals surface area contributed by atoms with E-state index in [1.165, 1.54) is 5.56 Å². The molecule has 0 aliphatic carbocycles. The number of carbonyl (C=O) groups is 2. The fraction of sp³-hybridized carbons (Fsp3) is 0.440. The fourth-order valence-electron chi connectivity index (χ4n) is 3.64. The molecule has 29 heavy (non-hydrogen) atoms. The molecule has 156 valence electrons. The molecule has 0 aliphatic rings. The second-order valence-electron chi connectivity index (χ2n) is 8.27. The van der Waals surface area contributed by atoms with Crippen LogP contribution < -0.4 is 5.32 Å². The van der Waals surface area contributed by atoms with Gasteiger partial charge in [0.1, 0.15) is 6.04 Å². The number of carbonyl (C=O) groups excluding carboxylic acids is 2. The molecule has 0 saturated heterocycles. The molecule has 0 aliphatic heterocycles. The summed E-state index contributed by atoms with van der Waals surface area (Å²) in [7, 11) is 0. The van der Waals surface area contributed by atoms with Gasteiger partial charge in [-0.15, -0.1) is 0 Å². The Kier molecular flexibility index (Phi) is 8.00. The molecular weight excluding hydrogens is 360 g/mol. The lowest BCUT2D eigenvalue weighted by Crippen LogP contribution is -2.50. The van der Waals surface area contributed by atoms with Gasteiger partial charge in [-0.25, -0.2) is 0 Å². The SMILES string of the molecule is CC[C@@H](C(=O)NC(C)C)N(Cc1ccc(C)cc1)C(=O)Cc1cc(C)cc(C)c1. The Labute approximate surface area is 175 Å². The number of rotatable bonds is 8. The lowest BCUT2D eigenvalue weighted by Gasteiger charge is -2.31. The highest BCUT2D eigenvalue weighted by molar-refractivity contribution is 5.88. The Morgan fingerprint density at radius 3 is 2.00 bits per heavy atom. The van der Waals surface area contributed by atoms with E-state index in [0.29, 0.717) is 19.4 Å². The molecule has 0 radical (unpaired) electrons. The third kappa shape index (κ3) is 6.74. The summed E-state index contributed by atoms with van der Waals surface area (Å²) in [6.45, 7) is 12.4. The predicted molar refractivity (Wildman–Crippen MR) is 119 cm³/mol. The Balaban J connectivity index is 2.31. The van der Waals surface area contributed by atoms with Gasteiger partial charge in [-0.2, -0.15) is 0 Å². The number of amides is 2. The summed E-state index contributed by atoms with van der Waals surface area (Å²) in [5, 5.41) is 2.97. The second kappa shape index (κ2) is 10.2. The average molecular weight is 395 g/mol. The van der Waals surface area contributed by atoms with E-state index in [-0.39, 0.29) is 17.9 Å². The monoisotopic (exact) mass is 394 g/mol. The van der Waals surface area contributed by atoms with Crippen molar-refractivity contribution in [2.75, 3.05) is 0 Å². The molecule has 0 fully saturated rings. The van der Waals surface area contributed by atoms with Crippen molar-refractivity contribution in [3.05, 3.63) is 70.3 Å². The van der Waals surface area contributed by atoms with Crippen LogP contribution in [0.4, 0.5) is 0 Å². The normalized spacial score (nSPS) is 12.0. The van der Waals surface area contributed by atoms with E-state index in [1.54, 1.807) is 4.90 Å². The van der Waals surface area contributed by atoms with E-state index in [9.17, 15) is 9.59 Å². The van der Waals surface area contributed by atoms with Gasteiger partial charge in [-0.05, 0) is 52.2 Å². The standard InChI is InChI=1S/C25H34N2O2/c1-7-23(25(29)26-17(2)3)27(16-21-10-8-18(4)9-11-21)24(28)15-22-13-19(5)12-20(6)14-22/h8-14,17,23H,7,15-16H2,1-6H3,(H,26,29)/t23-/m0/s1. The van der Waals surface area contributed by atoms with Gasteiger partial charge in [-0.1, -0.05) is 66.1 Å². The number of hydrogen-bond acceptors (Lipinski definition) is 2. The van der Waals surface area contributed by atoms with E-state index < -0.39 is 6.04 Å². The summed E-state index contributed by atoms with van der Waals surface area (Å²) in [5.41, 5.74) is 5.47. The zero-order valence-corrected chi connectivity index (χ0v) is 18.6. The topological polar surface area (TPSA) is 49.4 Å². The molecule has 0 aromatic heterocycles. The largest absolute Gasteiger partial charge is 0.352 e. The lowest BCUT2D eigenvalue weighted by atomic mass is 10.0. The van der Waals surface area contributed by atoms with Crippen molar-refractivity contribution >= 4 is 11.8 Å². The predicted octanol–water partition coefficient (Wildman–Crippen LogP) is 4.49. The summed E-state index contributed by atoms with van der Waals surface area (Å²) in [6, 6.07) is 13.9. The van der Waals surface area contributed by atoms with Crippen LogP contribution in [0.15, 0.2) is 42.5 Å². The Morgan fingerprint density at radius 2 is 1.48 bits per heavy atom. The van der Waals surface area contributed by atoms with Crippen LogP contribution in [0, 0.1) is 20.8 Å². The molecular formula is C25H34N2O2. The van der Waals surface area contributed by atoms with Gasteiger partial charge in [-0.3, -0.25) is 9.59 Å². The van der Waals surface area contributed by atoms with Crippen LogP contribution in [-0.4, -0.2) is 28.8 Å². The van der Waals surface area contributed by atoms with E-state index in [4.69, 9.17) is 0 Å². The van der Waals surface area contributed by atoms with Crippen LogP contribution in [0.5, 0.6) is 0 Å². The molecule has 1 atom stereocenters. The van der Waals surface area contributed by atoms with Gasteiger partial charge in [0.05, 0.1) is 6.42 Å². The highest BCUT2D eigenvalue weighted by Gasteiger charge is 2.29. The molecule has 0 heterocycles. The Morgan fingerprint density at radius 1 is 0.897 bits per heavy atom. The summed E-state index contributed by atoms with van der Waals surface area (Å²) in [4.78, 5) is 27.9. The zero-order valence-electron chi connectivity index (χ0n) is 18.6. The molecule has 0 spiro atoms. The molecule has 0 unspecified atom stereocenters. The fourth-order valence-corrected chi connectivity index (χ4v) is 3.64. The summed E-state index contributed by atoms with van der Waals surface area (Å²) in [6.07, 6.45) is 0.864. The van der Waals surface area contributed by atoms with Crippen molar-refractivity contribution in [1.29, 1.82) is 0 Å². The van der Waals surface area contributed by atoms with Crippen molar-refractivity contribution in [1.82, 2.24) is 10.2 Å². The van der Waals surface area contributed by atoms with E-state index in [0.717, 1.165) is 22.3 Å². The smallest absolute Gasteiger partial charge is 0.243 e. The minimum Gasteiger partial charge on any atom is -0.352 e. The minimum atomic E-state index is -0.489. The molecule has 4 nitrogen and oxygen atoms in total. The van der Waals surface area contributed by atoms with Crippen LogP contribution in [0.2, 0.25) is 0 Å². The third-order valence-electron chi connectivity index (χ3n) is 4.93. The van der Waals surface area contributed by atoms with Crippen molar-refractivity contribution in [2.24, 2.45) is 0 Å². The zero-order chi connectivity index (χ0) is 21.6. The highest BCUT2D eigenvalue weighted by atomic mass is 16.2. The third-order valence-corrected chi connectivity index (χ3v) is 4.93. The molecule has 1 N–H and O–H groups in total. The number of nitrogens with one attached hydrogen (secondary N) is 1. The van der Waals surface area contributed by atoms with Gasteiger partial charge < -0.3 is 10.2 Å². The van der Waals surface area contributed by atoms with Crippen LogP contribution in [0.3, 0.4) is 0 Å². The maximum absolute atomic E-state index is 13.3. The minimum absolute atomic E-state index is 0.0265. The molecule has 0 saturated carbocycles. The van der Waals surface area contributed by atoms with Crippen molar-refractivity contribution < 1.29 is 9.59 Å². The van der Waals surface area contributed by atoms with Crippen molar-refractivity contribution in [2.45, 2.75) is 73.0 Å². The van der Waals surface area contributed by atoms with Gasteiger partial charge >= 0.3 is 0 Å². The number of nitrogens with zero attached hydrogens (tertiary/aromatic N) is 1. The number of hydrogen-bond donors (Lipinski definition) is 1. The molecule has 2 aromatic rings. The molecule has 0 bridgehead atoms. The molecule has 2 rings (SSSR count). The summed E-state index contributed by atoms with van der Waals surface area (Å²) < 4.78 is 0. The number of aryl methyl sites for hydroxylation is 3. The van der Waals surface area contributed by atoms with Crippen molar-refractivity contribution in [3.63, 3.8) is 0 Å². The maximum Gasteiger partial charge on any atom is 0.243 e. The van der Waals surface area contributed by atoms with Crippen molar-refractivity contribution in [3.8, 4) is 0 Å². The van der Waals surface area contributed by atoms with Gasteiger partial charge in [0.15, 0.2) is 0 Å². The van der Waals surface area contributed by atoms with Crippen LogP contribution in [0.25, 0.3) is 0 Å². The second-order valence-corrected chi connectivity index (χ2v) is 8.27. The average Bonchev–Trinajstić information content (AvgIpc) is 2.61. The summed E-state index contributed by atoms with van der Waals surface area (Å²) >= 11 is 0. The van der Waals surface area contributed by atoms with Gasteiger partial charge in [0, 0.05) is 12.6 Å². The Hall–Kier alpha value is -2.62. The first-order valence-corrected chi connectivity index (χ1v) is 10.4. The first-order chi connectivity index (χ1) is 13.7. The van der Waals surface area contributed by atoms with Crippen LogP contribution in [-0.2, 0) is 22.6 Å². The molecule has 2 amide bonds. The van der Waals surface area contributed by atoms with E-state index >= 15 is 0 Å². The van der Waals surface area contributed by atoms with E-state index in [1.807, 2.05) is 77.9 Å². The van der Waals surface area contributed by atoms with Gasteiger partial charge in [0.25, 0.3) is 0 Å². The molecule has 2 aromatic carbocycles. The molecule has 4 heteroatoms.